The lowest BCUT2D eigenvalue weighted by molar-refractivity contribution is -0.118. The average molecular weight is 206 g/mol. The van der Waals surface area contributed by atoms with E-state index < -0.39 is 5.97 Å². The lowest BCUT2D eigenvalue weighted by Gasteiger charge is -2.15. The summed E-state index contributed by atoms with van der Waals surface area (Å²) in [4.78, 5) is 30.5. The van der Waals surface area contributed by atoms with E-state index in [1.54, 1.807) is 0 Å². The molecule has 1 aliphatic carbocycles. The van der Waals surface area contributed by atoms with Gasteiger partial charge in [0, 0.05) is 18.4 Å². The summed E-state index contributed by atoms with van der Waals surface area (Å²) in [6.45, 7) is 0. The molecule has 1 aliphatic rings. The third-order valence-electron chi connectivity index (χ3n) is 2.43. The minimum atomic E-state index is -0.469. The van der Waals surface area contributed by atoms with Gasteiger partial charge in [-0.3, -0.25) is 4.79 Å². The molecule has 0 saturated heterocycles. The van der Waals surface area contributed by atoms with Gasteiger partial charge in [-0.2, -0.15) is 0 Å². The Balaban J connectivity index is 2.46. The molecule has 0 amide bonds. The van der Waals surface area contributed by atoms with E-state index in [1.807, 2.05) is 0 Å². The number of hydrogen-bond donors (Lipinski definition) is 0. The van der Waals surface area contributed by atoms with Gasteiger partial charge >= 0.3 is 5.97 Å². The van der Waals surface area contributed by atoms with Crippen molar-refractivity contribution in [1.29, 1.82) is 0 Å². The zero-order chi connectivity index (χ0) is 10.8. The second-order valence-corrected chi connectivity index (χ2v) is 3.35. The number of rotatable bonds is 1. The Kier molecular flexibility index (Phi) is 2.45. The summed E-state index contributed by atoms with van der Waals surface area (Å²) < 4.78 is 4.62. The van der Waals surface area contributed by atoms with Gasteiger partial charge in [0.1, 0.15) is 12.1 Å². The molecule has 15 heavy (non-hydrogen) atoms. The second-order valence-electron chi connectivity index (χ2n) is 3.35. The first-order valence-electron chi connectivity index (χ1n) is 4.65. The Hall–Kier alpha value is -1.78. The van der Waals surface area contributed by atoms with E-state index in [2.05, 4.69) is 14.7 Å². The predicted molar refractivity (Wildman–Crippen MR) is 50.4 cm³/mol. The largest absolute Gasteiger partial charge is 0.464 e. The van der Waals surface area contributed by atoms with Crippen LogP contribution in [0.15, 0.2) is 6.33 Å². The number of hydrogen-bond acceptors (Lipinski definition) is 5. The van der Waals surface area contributed by atoms with Crippen LogP contribution in [0.1, 0.15) is 28.2 Å². The molecule has 5 heteroatoms. The zero-order valence-corrected chi connectivity index (χ0v) is 8.32. The molecule has 0 unspecified atom stereocenters. The van der Waals surface area contributed by atoms with Gasteiger partial charge in [-0.05, 0) is 6.42 Å². The zero-order valence-electron chi connectivity index (χ0n) is 8.32. The molecule has 0 aromatic carbocycles. The monoisotopic (exact) mass is 206 g/mol. The minimum absolute atomic E-state index is 0.150. The van der Waals surface area contributed by atoms with Crippen LogP contribution in [0.2, 0.25) is 0 Å². The van der Waals surface area contributed by atoms with Crippen molar-refractivity contribution in [1.82, 2.24) is 9.97 Å². The van der Waals surface area contributed by atoms with Gasteiger partial charge in [0.25, 0.3) is 0 Å². The van der Waals surface area contributed by atoms with Crippen LogP contribution in [-0.2, 0) is 22.4 Å². The third kappa shape index (κ3) is 1.72. The summed E-state index contributed by atoms with van der Waals surface area (Å²) >= 11 is 0. The van der Waals surface area contributed by atoms with Crippen molar-refractivity contribution in [2.24, 2.45) is 0 Å². The maximum Gasteiger partial charge on any atom is 0.357 e. The molecule has 5 nitrogen and oxygen atoms in total. The lowest BCUT2D eigenvalue weighted by atomic mass is 9.94. The molecule has 78 valence electrons. The molecule has 0 N–H and O–H groups in total. The van der Waals surface area contributed by atoms with Crippen LogP contribution in [0.5, 0.6) is 0 Å². The van der Waals surface area contributed by atoms with Gasteiger partial charge in [-0.15, -0.1) is 0 Å². The summed E-state index contributed by atoms with van der Waals surface area (Å²) in [7, 11) is 1.31. The number of ketones is 1. The molecule has 1 heterocycles. The first-order chi connectivity index (χ1) is 7.22. The number of ether oxygens (including phenoxy) is 1. The van der Waals surface area contributed by atoms with E-state index in [0.717, 1.165) is 5.56 Å². The van der Waals surface area contributed by atoms with Crippen LogP contribution < -0.4 is 0 Å². The molecule has 0 bridgehead atoms. The fourth-order valence-corrected chi connectivity index (χ4v) is 1.68. The Morgan fingerprint density at radius 3 is 2.93 bits per heavy atom. The summed E-state index contributed by atoms with van der Waals surface area (Å²) in [5, 5.41) is 0. The number of carbonyl (C=O) groups is 2. The SMILES string of the molecule is COC(=O)c1ncnc2c1CCC(=O)C2. The summed E-state index contributed by atoms with van der Waals surface area (Å²) in [6.07, 6.45) is 2.56. The molecule has 0 spiro atoms. The van der Waals surface area contributed by atoms with E-state index in [1.165, 1.54) is 13.4 Å². The van der Waals surface area contributed by atoms with Crippen LogP contribution in [0.4, 0.5) is 0 Å². The molecule has 2 rings (SSSR count). The smallest absolute Gasteiger partial charge is 0.357 e. The summed E-state index contributed by atoms with van der Waals surface area (Å²) in [5.41, 5.74) is 1.70. The maximum absolute atomic E-state index is 11.4. The highest BCUT2D eigenvalue weighted by molar-refractivity contribution is 5.91. The number of Topliss-reactive ketones (excluding diaryl/α,β-unsaturated/α-hetero) is 1. The first kappa shape index (κ1) is 9.76. The first-order valence-corrected chi connectivity index (χ1v) is 4.65. The Morgan fingerprint density at radius 2 is 2.20 bits per heavy atom. The van der Waals surface area contributed by atoms with Crippen molar-refractivity contribution < 1.29 is 14.3 Å². The summed E-state index contributed by atoms with van der Waals surface area (Å²) in [6, 6.07) is 0. The molecular weight excluding hydrogens is 196 g/mol. The van der Waals surface area contributed by atoms with Crippen molar-refractivity contribution in [3.05, 3.63) is 23.3 Å². The molecule has 0 saturated carbocycles. The second kappa shape index (κ2) is 3.76. The number of carbonyl (C=O) groups excluding carboxylic acids is 2. The average Bonchev–Trinajstić information content (AvgIpc) is 2.26. The number of methoxy groups -OCH3 is 1. The molecular formula is C10H10N2O3. The van der Waals surface area contributed by atoms with Crippen LogP contribution in [0.25, 0.3) is 0 Å². The molecule has 0 atom stereocenters. The molecule has 0 fully saturated rings. The predicted octanol–water partition coefficient (Wildman–Crippen LogP) is 0.321. The Bertz CT molecular complexity index is 429. The van der Waals surface area contributed by atoms with E-state index in [-0.39, 0.29) is 11.5 Å². The van der Waals surface area contributed by atoms with Crippen LogP contribution >= 0.6 is 0 Å². The van der Waals surface area contributed by atoms with Crippen molar-refractivity contribution in [2.45, 2.75) is 19.3 Å². The fourth-order valence-electron chi connectivity index (χ4n) is 1.68. The fraction of sp³-hybridized carbons (Fsp3) is 0.400. The molecule has 0 radical (unpaired) electrons. The minimum Gasteiger partial charge on any atom is -0.464 e. The van der Waals surface area contributed by atoms with Crippen LogP contribution in [0, 0.1) is 0 Å². The number of nitrogens with zero attached hydrogens (tertiary/aromatic N) is 2. The maximum atomic E-state index is 11.4. The number of fused-ring (bicyclic) bond motifs is 1. The molecule has 1 aromatic heterocycles. The van der Waals surface area contributed by atoms with Gasteiger partial charge in [0.2, 0.25) is 0 Å². The number of esters is 1. The lowest BCUT2D eigenvalue weighted by Crippen LogP contribution is -2.20. The number of aromatic nitrogens is 2. The molecule has 0 aliphatic heterocycles. The highest BCUT2D eigenvalue weighted by Crippen LogP contribution is 2.19. The van der Waals surface area contributed by atoms with Crippen molar-refractivity contribution in [2.75, 3.05) is 7.11 Å². The summed E-state index contributed by atoms with van der Waals surface area (Å²) in [5.74, 6) is -0.319. The van der Waals surface area contributed by atoms with Gasteiger partial charge in [-0.1, -0.05) is 0 Å². The topological polar surface area (TPSA) is 69.2 Å². The van der Waals surface area contributed by atoms with Crippen molar-refractivity contribution >= 4 is 11.8 Å². The highest BCUT2D eigenvalue weighted by atomic mass is 16.5. The van der Waals surface area contributed by atoms with Crippen molar-refractivity contribution in [3.8, 4) is 0 Å². The van der Waals surface area contributed by atoms with Gasteiger partial charge in [0.05, 0.1) is 12.8 Å². The van der Waals surface area contributed by atoms with Crippen LogP contribution in [-0.4, -0.2) is 28.8 Å². The van der Waals surface area contributed by atoms with E-state index >= 15 is 0 Å². The normalized spacial score (nSPS) is 14.6. The van der Waals surface area contributed by atoms with Crippen molar-refractivity contribution in [3.63, 3.8) is 0 Å². The van der Waals surface area contributed by atoms with E-state index in [0.29, 0.717) is 25.0 Å². The quantitative estimate of drug-likeness (QED) is 0.619. The molecule has 1 aromatic rings. The van der Waals surface area contributed by atoms with E-state index in [9.17, 15) is 9.59 Å². The highest BCUT2D eigenvalue weighted by Gasteiger charge is 2.23. The van der Waals surface area contributed by atoms with E-state index in [4.69, 9.17) is 0 Å². The van der Waals surface area contributed by atoms with Gasteiger partial charge in [-0.25, -0.2) is 14.8 Å². The standard InChI is InChI=1S/C10H10N2O3/c1-15-10(14)9-7-3-2-6(13)4-8(7)11-5-12-9/h5H,2-4H2,1H3. The van der Waals surface area contributed by atoms with Gasteiger partial charge < -0.3 is 4.74 Å². The Labute approximate surface area is 86.5 Å². The third-order valence-corrected chi connectivity index (χ3v) is 2.43. The Morgan fingerprint density at radius 1 is 1.40 bits per heavy atom. The van der Waals surface area contributed by atoms with Crippen LogP contribution in [0.3, 0.4) is 0 Å². The van der Waals surface area contributed by atoms with Gasteiger partial charge in [0.15, 0.2) is 5.69 Å².